The first-order valence-electron chi connectivity index (χ1n) is 10.0. The summed E-state index contributed by atoms with van der Waals surface area (Å²) >= 11 is 0. The molecule has 2 saturated heterocycles. The zero-order valence-electron chi connectivity index (χ0n) is 16.7. The van der Waals surface area contributed by atoms with Crippen LogP contribution in [-0.2, 0) is 6.54 Å². The van der Waals surface area contributed by atoms with Gasteiger partial charge in [0.05, 0.1) is 6.61 Å². The summed E-state index contributed by atoms with van der Waals surface area (Å²) in [5, 5.41) is 7.13. The molecule has 0 radical (unpaired) electrons. The summed E-state index contributed by atoms with van der Waals surface area (Å²) in [6.07, 6.45) is 6.49. The van der Waals surface area contributed by atoms with E-state index >= 15 is 0 Å². The smallest absolute Gasteiger partial charge is 0.191 e. The fourth-order valence-corrected chi connectivity index (χ4v) is 4.45. The minimum atomic E-state index is 0.523. The fourth-order valence-electron chi connectivity index (χ4n) is 4.45. The van der Waals surface area contributed by atoms with Crippen LogP contribution in [0.15, 0.2) is 23.2 Å². The van der Waals surface area contributed by atoms with Crippen LogP contribution in [0.5, 0.6) is 5.75 Å². The summed E-state index contributed by atoms with van der Waals surface area (Å²) in [5.74, 6) is 1.88. The van der Waals surface area contributed by atoms with Crippen LogP contribution in [0.1, 0.15) is 50.2 Å². The largest absolute Gasteiger partial charge is 0.494 e. The van der Waals surface area contributed by atoms with Gasteiger partial charge in [-0.1, -0.05) is 18.6 Å². The maximum Gasteiger partial charge on any atom is 0.191 e. The average Bonchev–Trinajstić information content (AvgIpc) is 2.61. The maximum atomic E-state index is 5.62. The van der Waals surface area contributed by atoms with E-state index in [1.54, 1.807) is 0 Å². The zero-order valence-corrected chi connectivity index (χ0v) is 16.7. The quantitative estimate of drug-likeness (QED) is 0.627. The Bertz CT molecular complexity index is 616. The molecular formula is C21H34N4O. The molecule has 144 valence electrons. The van der Waals surface area contributed by atoms with Crippen LogP contribution in [0, 0.1) is 6.92 Å². The van der Waals surface area contributed by atoms with Gasteiger partial charge in [-0.3, -0.25) is 4.99 Å². The third-order valence-electron chi connectivity index (χ3n) is 5.90. The van der Waals surface area contributed by atoms with Crippen LogP contribution < -0.4 is 15.4 Å². The molecule has 1 aromatic rings. The van der Waals surface area contributed by atoms with E-state index in [-0.39, 0.29) is 0 Å². The van der Waals surface area contributed by atoms with Gasteiger partial charge in [0.1, 0.15) is 5.75 Å². The van der Waals surface area contributed by atoms with Crippen molar-refractivity contribution in [2.75, 3.05) is 20.7 Å². The Hall–Kier alpha value is -1.75. The predicted molar refractivity (Wildman–Crippen MR) is 108 cm³/mol. The Morgan fingerprint density at radius 2 is 2.00 bits per heavy atom. The van der Waals surface area contributed by atoms with Crippen LogP contribution in [0.2, 0.25) is 0 Å². The molecule has 5 nitrogen and oxygen atoms in total. The molecule has 0 saturated carbocycles. The minimum Gasteiger partial charge on any atom is -0.494 e. The first kappa shape index (κ1) is 19.0. The molecule has 26 heavy (non-hydrogen) atoms. The number of benzene rings is 1. The maximum absolute atomic E-state index is 5.62. The van der Waals surface area contributed by atoms with Crippen molar-refractivity contribution in [3.8, 4) is 5.75 Å². The van der Waals surface area contributed by atoms with Gasteiger partial charge in [0.15, 0.2) is 5.96 Å². The van der Waals surface area contributed by atoms with Crippen LogP contribution in [0.25, 0.3) is 0 Å². The summed E-state index contributed by atoms with van der Waals surface area (Å²) in [6, 6.07) is 8.35. The molecule has 2 bridgehead atoms. The lowest BCUT2D eigenvalue weighted by Gasteiger charge is -2.47. The molecule has 1 aromatic carbocycles. The Kier molecular flexibility index (Phi) is 6.41. The summed E-state index contributed by atoms with van der Waals surface area (Å²) in [7, 11) is 4.15. The molecule has 0 amide bonds. The van der Waals surface area contributed by atoms with E-state index in [0.717, 1.165) is 30.3 Å². The zero-order chi connectivity index (χ0) is 18.5. The Morgan fingerprint density at radius 3 is 2.62 bits per heavy atom. The first-order valence-corrected chi connectivity index (χ1v) is 10.0. The average molecular weight is 359 g/mol. The number of piperidine rings is 2. The van der Waals surface area contributed by atoms with Crippen molar-refractivity contribution in [2.24, 2.45) is 4.99 Å². The van der Waals surface area contributed by atoms with Gasteiger partial charge in [0.2, 0.25) is 0 Å². The monoisotopic (exact) mass is 358 g/mol. The number of nitrogens with one attached hydrogen (secondary N) is 2. The van der Waals surface area contributed by atoms with Crippen molar-refractivity contribution >= 4 is 5.96 Å². The highest BCUT2D eigenvalue weighted by molar-refractivity contribution is 5.80. The summed E-state index contributed by atoms with van der Waals surface area (Å²) < 4.78 is 5.62. The second kappa shape index (κ2) is 8.76. The van der Waals surface area contributed by atoms with Gasteiger partial charge in [-0.2, -0.15) is 0 Å². The number of hydrogen-bond donors (Lipinski definition) is 2. The number of aliphatic imine (C=N–C) groups is 1. The third-order valence-corrected chi connectivity index (χ3v) is 5.90. The van der Waals surface area contributed by atoms with E-state index in [0.29, 0.717) is 12.6 Å². The van der Waals surface area contributed by atoms with E-state index < -0.39 is 0 Å². The van der Waals surface area contributed by atoms with Crippen molar-refractivity contribution in [3.05, 3.63) is 29.3 Å². The Balaban J connectivity index is 1.53. The van der Waals surface area contributed by atoms with Gasteiger partial charge >= 0.3 is 0 Å². The summed E-state index contributed by atoms with van der Waals surface area (Å²) in [5.41, 5.74) is 2.42. The summed E-state index contributed by atoms with van der Waals surface area (Å²) in [6.45, 7) is 5.58. The number of aryl methyl sites for hydroxylation is 1. The molecule has 2 aliphatic heterocycles. The Morgan fingerprint density at radius 1 is 1.27 bits per heavy atom. The van der Waals surface area contributed by atoms with Crippen molar-refractivity contribution in [3.63, 3.8) is 0 Å². The fraction of sp³-hybridized carbons (Fsp3) is 0.667. The number of fused-ring (bicyclic) bond motifs is 2. The molecule has 3 rings (SSSR count). The highest BCUT2D eigenvalue weighted by Crippen LogP contribution is 2.32. The molecule has 0 aromatic heterocycles. The second-order valence-corrected chi connectivity index (χ2v) is 7.68. The molecule has 5 heteroatoms. The van der Waals surface area contributed by atoms with E-state index in [9.17, 15) is 0 Å². The topological polar surface area (TPSA) is 48.9 Å². The molecule has 2 atom stereocenters. The van der Waals surface area contributed by atoms with Crippen LogP contribution in [0.4, 0.5) is 0 Å². The van der Waals surface area contributed by atoms with Gasteiger partial charge in [0, 0.05) is 31.7 Å². The number of ether oxygens (including phenoxy) is 1. The van der Waals surface area contributed by atoms with Crippen molar-refractivity contribution < 1.29 is 4.74 Å². The van der Waals surface area contributed by atoms with E-state index in [2.05, 4.69) is 52.7 Å². The number of nitrogens with zero attached hydrogens (tertiary/aromatic N) is 2. The van der Waals surface area contributed by atoms with E-state index in [1.165, 1.54) is 43.2 Å². The van der Waals surface area contributed by atoms with Crippen LogP contribution in [0.3, 0.4) is 0 Å². The lowest BCUT2D eigenvalue weighted by molar-refractivity contribution is 0.0526. The minimum absolute atomic E-state index is 0.523. The first-order chi connectivity index (χ1) is 12.6. The van der Waals surface area contributed by atoms with Gasteiger partial charge < -0.3 is 20.3 Å². The molecule has 2 heterocycles. The lowest BCUT2D eigenvalue weighted by Crippen LogP contribution is -2.56. The Labute approximate surface area is 158 Å². The van der Waals surface area contributed by atoms with Crippen LogP contribution in [-0.4, -0.2) is 49.7 Å². The molecule has 2 unspecified atom stereocenters. The van der Waals surface area contributed by atoms with Gasteiger partial charge in [0.25, 0.3) is 0 Å². The van der Waals surface area contributed by atoms with Gasteiger partial charge in [-0.05, 0) is 63.8 Å². The highest BCUT2D eigenvalue weighted by Gasteiger charge is 2.36. The molecule has 2 aliphatic rings. The van der Waals surface area contributed by atoms with Crippen molar-refractivity contribution in [1.29, 1.82) is 0 Å². The number of rotatable bonds is 5. The third kappa shape index (κ3) is 4.50. The molecule has 2 N–H and O–H groups in total. The van der Waals surface area contributed by atoms with E-state index in [4.69, 9.17) is 4.74 Å². The molecule has 0 aliphatic carbocycles. The molecular weight excluding hydrogens is 324 g/mol. The molecule has 2 fully saturated rings. The standard InChI is InChI=1S/C21H34N4O/c1-5-26-20-10-9-16(11-15(20)2)14-23-21(22-3)24-17-12-18-7-6-8-19(13-17)25(18)4/h9-11,17-19H,5-8,12-14H2,1-4H3,(H2,22,23,24). The lowest BCUT2D eigenvalue weighted by atomic mass is 9.82. The van der Waals surface area contributed by atoms with E-state index in [1.807, 2.05) is 14.0 Å². The van der Waals surface area contributed by atoms with Gasteiger partial charge in [-0.15, -0.1) is 0 Å². The molecule has 0 spiro atoms. The van der Waals surface area contributed by atoms with Crippen molar-refractivity contribution in [2.45, 2.75) is 70.6 Å². The second-order valence-electron chi connectivity index (χ2n) is 7.68. The SMILES string of the molecule is CCOc1ccc(CNC(=NC)NC2CC3CCCC(C2)N3C)cc1C. The normalized spacial score (nSPS) is 26.5. The number of guanidine groups is 1. The predicted octanol–water partition coefficient (Wildman–Crippen LogP) is 3.07. The highest BCUT2D eigenvalue weighted by atomic mass is 16.5. The summed E-state index contributed by atoms with van der Waals surface area (Å²) in [4.78, 5) is 7.03. The van der Waals surface area contributed by atoms with Crippen molar-refractivity contribution in [1.82, 2.24) is 15.5 Å². The number of hydrogen-bond acceptors (Lipinski definition) is 3. The van der Waals surface area contributed by atoms with Gasteiger partial charge in [-0.25, -0.2) is 0 Å². The van der Waals surface area contributed by atoms with Crippen LogP contribution >= 0.6 is 0 Å².